The Labute approximate surface area is 120 Å². The first-order valence-corrected chi connectivity index (χ1v) is 7.01. The van der Waals surface area contributed by atoms with E-state index < -0.39 is 0 Å². The van der Waals surface area contributed by atoms with Crippen molar-refractivity contribution >= 4 is 11.3 Å². The van der Waals surface area contributed by atoms with E-state index in [2.05, 4.69) is 4.98 Å². The number of thiazole rings is 1. The van der Waals surface area contributed by atoms with Gasteiger partial charge < -0.3 is 4.74 Å². The lowest BCUT2D eigenvalue weighted by Crippen LogP contribution is -1.87. The van der Waals surface area contributed by atoms with Crippen molar-refractivity contribution in [1.82, 2.24) is 4.98 Å². The highest BCUT2D eigenvalue weighted by atomic mass is 32.1. The molecule has 100 valence electrons. The third-order valence-corrected chi connectivity index (χ3v) is 3.85. The van der Waals surface area contributed by atoms with Crippen LogP contribution in [-0.2, 0) is 0 Å². The first kappa shape index (κ1) is 12.8. The molecule has 0 atom stereocenters. The first-order valence-electron chi connectivity index (χ1n) is 6.13. The first-order chi connectivity index (χ1) is 9.78. The number of halogens is 1. The summed E-state index contributed by atoms with van der Waals surface area (Å²) in [4.78, 5) is 4.57. The van der Waals surface area contributed by atoms with Crippen molar-refractivity contribution < 1.29 is 9.13 Å². The van der Waals surface area contributed by atoms with Crippen LogP contribution in [0.15, 0.2) is 53.9 Å². The van der Waals surface area contributed by atoms with Crippen molar-refractivity contribution in [1.29, 1.82) is 0 Å². The minimum atomic E-state index is -0.253. The predicted octanol–water partition coefficient (Wildman–Crippen LogP) is 4.62. The maximum absolute atomic E-state index is 13.3. The molecule has 3 aromatic rings. The highest BCUT2D eigenvalue weighted by Gasteiger charge is 2.10. The van der Waals surface area contributed by atoms with Gasteiger partial charge in [0.25, 0.3) is 0 Å². The van der Waals surface area contributed by atoms with Crippen molar-refractivity contribution in [3.05, 3.63) is 59.7 Å². The fraction of sp³-hybridized carbons (Fsp3) is 0.0625. The average molecular weight is 285 g/mol. The summed E-state index contributed by atoms with van der Waals surface area (Å²) >= 11 is 1.49. The molecule has 0 aliphatic heterocycles. The molecule has 2 nitrogen and oxygen atoms in total. The second-order valence-corrected chi connectivity index (χ2v) is 5.11. The van der Waals surface area contributed by atoms with E-state index in [-0.39, 0.29) is 5.82 Å². The molecule has 0 aliphatic carbocycles. The number of para-hydroxylation sites is 1. The molecule has 2 aromatic carbocycles. The van der Waals surface area contributed by atoms with Crippen LogP contribution >= 0.6 is 11.3 Å². The van der Waals surface area contributed by atoms with Crippen LogP contribution < -0.4 is 4.74 Å². The Hall–Kier alpha value is -2.20. The Bertz CT molecular complexity index is 739. The zero-order valence-corrected chi connectivity index (χ0v) is 11.7. The van der Waals surface area contributed by atoms with Crippen molar-refractivity contribution in [3.8, 4) is 27.6 Å². The lowest BCUT2D eigenvalue weighted by Gasteiger charge is -2.04. The van der Waals surface area contributed by atoms with Crippen LogP contribution in [0.25, 0.3) is 21.8 Å². The van der Waals surface area contributed by atoms with E-state index in [1.165, 1.54) is 23.5 Å². The Balaban J connectivity index is 2.02. The fourth-order valence-corrected chi connectivity index (χ4v) is 2.82. The number of aromatic nitrogens is 1. The Morgan fingerprint density at radius 2 is 1.95 bits per heavy atom. The number of ether oxygens (including phenoxy) is 1. The smallest absolute Gasteiger partial charge is 0.128 e. The third kappa shape index (κ3) is 2.42. The monoisotopic (exact) mass is 285 g/mol. The molecule has 3 rings (SSSR count). The molecule has 0 fully saturated rings. The largest absolute Gasteiger partial charge is 0.496 e. The van der Waals surface area contributed by atoms with Gasteiger partial charge in [0.05, 0.1) is 12.8 Å². The summed E-state index contributed by atoms with van der Waals surface area (Å²) in [6, 6.07) is 14.2. The highest BCUT2D eigenvalue weighted by molar-refractivity contribution is 7.13. The SMILES string of the molecule is COc1ccccc1-c1csc(-c2cccc(F)c2)n1. The van der Waals surface area contributed by atoms with Crippen LogP contribution in [0.5, 0.6) is 5.75 Å². The zero-order chi connectivity index (χ0) is 13.9. The molecule has 0 unspecified atom stereocenters. The molecule has 1 heterocycles. The zero-order valence-electron chi connectivity index (χ0n) is 10.8. The Morgan fingerprint density at radius 1 is 1.10 bits per heavy atom. The molecule has 0 amide bonds. The second kappa shape index (κ2) is 5.43. The summed E-state index contributed by atoms with van der Waals surface area (Å²) in [5.74, 6) is 0.528. The number of hydrogen-bond donors (Lipinski definition) is 0. The number of benzene rings is 2. The van der Waals surface area contributed by atoms with Gasteiger partial charge in [0.1, 0.15) is 16.6 Å². The van der Waals surface area contributed by atoms with Gasteiger partial charge >= 0.3 is 0 Å². The van der Waals surface area contributed by atoms with Gasteiger partial charge in [-0.05, 0) is 24.3 Å². The predicted molar refractivity (Wildman–Crippen MR) is 79.5 cm³/mol. The average Bonchev–Trinajstić information content (AvgIpc) is 2.97. The van der Waals surface area contributed by atoms with E-state index in [9.17, 15) is 4.39 Å². The standard InChI is InChI=1S/C16H12FNOS/c1-19-15-8-3-2-7-13(15)14-10-20-16(18-14)11-5-4-6-12(17)9-11/h2-10H,1H3. The van der Waals surface area contributed by atoms with E-state index in [1.807, 2.05) is 35.7 Å². The van der Waals surface area contributed by atoms with Crippen molar-refractivity contribution in [2.45, 2.75) is 0 Å². The summed E-state index contributed by atoms with van der Waals surface area (Å²) in [6.45, 7) is 0. The summed E-state index contributed by atoms with van der Waals surface area (Å²) in [5, 5.41) is 2.75. The van der Waals surface area contributed by atoms with Crippen LogP contribution in [0.3, 0.4) is 0 Å². The minimum absolute atomic E-state index is 0.253. The van der Waals surface area contributed by atoms with E-state index in [0.717, 1.165) is 27.6 Å². The summed E-state index contributed by atoms with van der Waals surface area (Å²) in [6.07, 6.45) is 0. The molecule has 0 spiro atoms. The molecule has 0 saturated carbocycles. The van der Waals surface area contributed by atoms with Gasteiger partial charge in [-0.3, -0.25) is 0 Å². The fourth-order valence-electron chi connectivity index (χ4n) is 2.01. The molecule has 0 bridgehead atoms. The molecular weight excluding hydrogens is 273 g/mol. The number of methoxy groups -OCH3 is 1. The van der Waals surface area contributed by atoms with Gasteiger partial charge in [-0.2, -0.15) is 0 Å². The maximum atomic E-state index is 13.3. The van der Waals surface area contributed by atoms with Gasteiger partial charge in [0, 0.05) is 16.5 Å². The van der Waals surface area contributed by atoms with Crippen molar-refractivity contribution in [2.24, 2.45) is 0 Å². The molecule has 0 radical (unpaired) electrons. The summed E-state index contributed by atoms with van der Waals surface area (Å²) in [5.41, 5.74) is 2.57. The number of nitrogens with zero attached hydrogens (tertiary/aromatic N) is 1. The molecule has 0 N–H and O–H groups in total. The molecule has 1 aromatic heterocycles. The lowest BCUT2D eigenvalue weighted by molar-refractivity contribution is 0.416. The Morgan fingerprint density at radius 3 is 2.75 bits per heavy atom. The van der Waals surface area contributed by atoms with E-state index in [4.69, 9.17) is 4.74 Å². The third-order valence-electron chi connectivity index (χ3n) is 2.96. The van der Waals surface area contributed by atoms with Gasteiger partial charge in [0.2, 0.25) is 0 Å². The lowest BCUT2D eigenvalue weighted by atomic mass is 10.1. The topological polar surface area (TPSA) is 22.1 Å². The van der Waals surface area contributed by atoms with Crippen LogP contribution in [0.2, 0.25) is 0 Å². The highest BCUT2D eigenvalue weighted by Crippen LogP contribution is 2.33. The summed E-state index contributed by atoms with van der Waals surface area (Å²) < 4.78 is 18.6. The molecule has 20 heavy (non-hydrogen) atoms. The van der Waals surface area contributed by atoms with E-state index >= 15 is 0 Å². The van der Waals surface area contributed by atoms with Crippen LogP contribution in [0.4, 0.5) is 4.39 Å². The Kier molecular flexibility index (Phi) is 3.48. The van der Waals surface area contributed by atoms with Crippen molar-refractivity contribution in [2.75, 3.05) is 7.11 Å². The summed E-state index contributed by atoms with van der Waals surface area (Å²) in [7, 11) is 1.64. The number of hydrogen-bond acceptors (Lipinski definition) is 3. The normalized spacial score (nSPS) is 10.5. The molecule has 0 aliphatic rings. The quantitative estimate of drug-likeness (QED) is 0.700. The van der Waals surface area contributed by atoms with Gasteiger partial charge in [-0.1, -0.05) is 24.3 Å². The van der Waals surface area contributed by atoms with E-state index in [1.54, 1.807) is 13.2 Å². The molecular formula is C16H12FNOS. The van der Waals surface area contributed by atoms with E-state index in [0.29, 0.717) is 0 Å². The van der Waals surface area contributed by atoms with Gasteiger partial charge in [0.15, 0.2) is 0 Å². The maximum Gasteiger partial charge on any atom is 0.128 e. The van der Waals surface area contributed by atoms with Crippen molar-refractivity contribution in [3.63, 3.8) is 0 Å². The van der Waals surface area contributed by atoms with Crippen LogP contribution in [-0.4, -0.2) is 12.1 Å². The van der Waals surface area contributed by atoms with Gasteiger partial charge in [-0.15, -0.1) is 11.3 Å². The van der Waals surface area contributed by atoms with Crippen LogP contribution in [0.1, 0.15) is 0 Å². The molecule has 4 heteroatoms. The van der Waals surface area contributed by atoms with Gasteiger partial charge in [-0.25, -0.2) is 9.37 Å². The second-order valence-electron chi connectivity index (χ2n) is 4.25. The molecule has 0 saturated heterocycles. The minimum Gasteiger partial charge on any atom is -0.496 e. The number of rotatable bonds is 3. The van der Waals surface area contributed by atoms with Crippen LogP contribution in [0, 0.1) is 5.82 Å².